The summed E-state index contributed by atoms with van der Waals surface area (Å²) in [4.78, 5) is 17.5. The van der Waals surface area contributed by atoms with E-state index < -0.39 is 0 Å². The molecule has 2 aliphatic rings. The average molecular weight is 422 g/mol. The Morgan fingerprint density at radius 1 is 0.839 bits per heavy atom. The quantitative estimate of drug-likeness (QED) is 0.745. The second kappa shape index (κ2) is 10.9. The van der Waals surface area contributed by atoms with E-state index in [1.54, 1.807) is 0 Å². The van der Waals surface area contributed by atoms with E-state index >= 15 is 0 Å². The predicted octanol–water partition coefficient (Wildman–Crippen LogP) is 3.36. The molecule has 2 fully saturated rings. The van der Waals surface area contributed by atoms with E-state index in [1.165, 1.54) is 16.7 Å². The van der Waals surface area contributed by atoms with Crippen LogP contribution in [0.1, 0.15) is 35.1 Å². The molecule has 2 aromatic rings. The van der Waals surface area contributed by atoms with Crippen LogP contribution >= 0.6 is 0 Å². The maximum absolute atomic E-state index is 12.7. The van der Waals surface area contributed by atoms with Crippen LogP contribution in [-0.2, 0) is 29.2 Å². The lowest BCUT2D eigenvalue weighted by atomic mass is 9.95. The van der Waals surface area contributed by atoms with Crippen molar-refractivity contribution in [2.24, 2.45) is 5.92 Å². The van der Waals surface area contributed by atoms with Gasteiger partial charge in [-0.15, -0.1) is 0 Å². The van der Waals surface area contributed by atoms with Crippen molar-refractivity contribution in [2.75, 3.05) is 39.4 Å². The fourth-order valence-electron chi connectivity index (χ4n) is 4.42. The molecule has 4 rings (SSSR count). The Hall–Kier alpha value is -2.21. The molecule has 2 saturated heterocycles. The van der Waals surface area contributed by atoms with Crippen molar-refractivity contribution in [2.45, 2.75) is 39.4 Å². The van der Waals surface area contributed by atoms with Gasteiger partial charge in [0.15, 0.2) is 0 Å². The molecule has 0 spiro atoms. The number of piperidine rings is 1. The van der Waals surface area contributed by atoms with E-state index in [9.17, 15) is 4.79 Å². The molecule has 2 aliphatic heterocycles. The predicted molar refractivity (Wildman–Crippen MR) is 124 cm³/mol. The molecule has 5 nitrogen and oxygen atoms in total. The lowest BCUT2D eigenvalue weighted by molar-refractivity contribution is -0.126. The molecule has 2 aromatic carbocycles. The molecule has 0 atom stereocenters. The van der Waals surface area contributed by atoms with Crippen LogP contribution in [0.4, 0.5) is 0 Å². The largest absolute Gasteiger partial charge is 0.379 e. The van der Waals surface area contributed by atoms with E-state index in [-0.39, 0.29) is 11.8 Å². The molecular formula is C26H35N3O2. The molecule has 5 heteroatoms. The minimum absolute atomic E-state index is 0.134. The number of carbonyl (C=O) groups is 1. The number of ether oxygens (including phenoxy) is 1. The molecule has 1 N–H and O–H groups in total. The van der Waals surface area contributed by atoms with E-state index in [2.05, 4.69) is 70.6 Å². The molecule has 1 amide bonds. The molecular weight excluding hydrogens is 386 g/mol. The minimum Gasteiger partial charge on any atom is -0.379 e. The van der Waals surface area contributed by atoms with Gasteiger partial charge in [0.05, 0.1) is 13.2 Å². The number of hydrogen-bond acceptors (Lipinski definition) is 4. The standard InChI is InChI=1S/C26H35N3O2/c1-21-2-4-23(5-3-21)19-28-12-10-25(11-13-28)26(30)27-18-22-6-8-24(9-7-22)20-29-14-16-31-17-15-29/h2-9,25H,10-20H2,1H3,(H,27,30). The van der Waals surface area contributed by atoms with Crippen LogP contribution in [0.15, 0.2) is 48.5 Å². The summed E-state index contributed by atoms with van der Waals surface area (Å²) in [5.41, 5.74) is 5.13. The number of aryl methyl sites for hydroxylation is 1. The van der Waals surface area contributed by atoms with Crippen molar-refractivity contribution < 1.29 is 9.53 Å². The van der Waals surface area contributed by atoms with Crippen molar-refractivity contribution in [3.8, 4) is 0 Å². The molecule has 0 radical (unpaired) electrons. The maximum atomic E-state index is 12.7. The topological polar surface area (TPSA) is 44.8 Å². The van der Waals surface area contributed by atoms with Gasteiger partial charge >= 0.3 is 0 Å². The number of benzene rings is 2. The Bertz CT molecular complexity index is 821. The van der Waals surface area contributed by atoms with Gasteiger partial charge in [0.25, 0.3) is 0 Å². The molecule has 0 unspecified atom stereocenters. The van der Waals surface area contributed by atoms with Gasteiger partial charge in [-0.2, -0.15) is 0 Å². The fourth-order valence-corrected chi connectivity index (χ4v) is 4.42. The number of nitrogens with one attached hydrogen (secondary N) is 1. The highest BCUT2D eigenvalue weighted by Gasteiger charge is 2.24. The number of morpholine rings is 1. The monoisotopic (exact) mass is 421 g/mol. The zero-order chi connectivity index (χ0) is 21.5. The number of hydrogen-bond donors (Lipinski definition) is 1. The average Bonchev–Trinajstić information content (AvgIpc) is 2.81. The highest BCUT2D eigenvalue weighted by atomic mass is 16.5. The third-order valence-electron chi connectivity index (χ3n) is 6.48. The van der Waals surface area contributed by atoms with Crippen molar-refractivity contribution in [3.63, 3.8) is 0 Å². The Morgan fingerprint density at radius 3 is 1.97 bits per heavy atom. The zero-order valence-electron chi connectivity index (χ0n) is 18.7. The summed E-state index contributed by atoms with van der Waals surface area (Å²) in [7, 11) is 0. The summed E-state index contributed by atoms with van der Waals surface area (Å²) in [6.45, 7) is 10.3. The summed E-state index contributed by atoms with van der Waals surface area (Å²) < 4.78 is 5.41. The summed E-state index contributed by atoms with van der Waals surface area (Å²) in [5, 5.41) is 3.16. The first kappa shape index (κ1) is 22.0. The smallest absolute Gasteiger partial charge is 0.223 e. The lowest BCUT2D eigenvalue weighted by Gasteiger charge is -2.31. The maximum Gasteiger partial charge on any atom is 0.223 e. The SMILES string of the molecule is Cc1ccc(CN2CCC(C(=O)NCc3ccc(CN4CCOCC4)cc3)CC2)cc1. The van der Waals surface area contributed by atoms with Crippen LogP contribution in [0, 0.1) is 12.8 Å². The summed E-state index contributed by atoms with van der Waals surface area (Å²) >= 11 is 0. The summed E-state index contributed by atoms with van der Waals surface area (Å²) in [6.07, 6.45) is 1.88. The van der Waals surface area contributed by atoms with E-state index in [0.29, 0.717) is 6.54 Å². The number of nitrogens with zero attached hydrogens (tertiary/aromatic N) is 2. The van der Waals surface area contributed by atoms with Gasteiger partial charge in [0, 0.05) is 38.6 Å². The highest BCUT2D eigenvalue weighted by Crippen LogP contribution is 2.20. The normalized spacial score (nSPS) is 18.7. The van der Waals surface area contributed by atoms with Gasteiger partial charge in [-0.1, -0.05) is 54.1 Å². The summed E-state index contributed by atoms with van der Waals surface area (Å²) in [6, 6.07) is 17.4. The molecule has 0 aromatic heterocycles. The first-order chi connectivity index (χ1) is 15.2. The van der Waals surface area contributed by atoms with Crippen molar-refractivity contribution in [3.05, 3.63) is 70.8 Å². The number of likely N-dealkylation sites (tertiary alicyclic amines) is 1. The highest BCUT2D eigenvalue weighted by molar-refractivity contribution is 5.78. The van der Waals surface area contributed by atoms with Gasteiger partial charge < -0.3 is 10.1 Å². The third kappa shape index (κ3) is 6.63. The molecule has 2 heterocycles. The first-order valence-corrected chi connectivity index (χ1v) is 11.6. The fraction of sp³-hybridized carbons (Fsp3) is 0.500. The number of carbonyl (C=O) groups excluding carboxylic acids is 1. The van der Waals surface area contributed by atoms with Crippen LogP contribution in [-0.4, -0.2) is 55.1 Å². The third-order valence-corrected chi connectivity index (χ3v) is 6.48. The van der Waals surface area contributed by atoms with Gasteiger partial charge in [-0.3, -0.25) is 14.6 Å². The van der Waals surface area contributed by atoms with Crippen LogP contribution in [0.2, 0.25) is 0 Å². The van der Waals surface area contributed by atoms with E-state index in [0.717, 1.165) is 70.9 Å². The van der Waals surface area contributed by atoms with E-state index in [4.69, 9.17) is 4.74 Å². The van der Waals surface area contributed by atoms with Crippen LogP contribution in [0.25, 0.3) is 0 Å². The molecule has 0 aliphatic carbocycles. The Labute approximate surface area is 186 Å². The molecule has 166 valence electrons. The van der Waals surface area contributed by atoms with Crippen LogP contribution < -0.4 is 5.32 Å². The summed E-state index contributed by atoms with van der Waals surface area (Å²) in [5.74, 6) is 0.335. The van der Waals surface area contributed by atoms with Gasteiger partial charge in [0.2, 0.25) is 5.91 Å². The van der Waals surface area contributed by atoms with Gasteiger partial charge in [0.1, 0.15) is 0 Å². The molecule has 0 saturated carbocycles. The van der Waals surface area contributed by atoms with Crippen molar-refractivity contribution >= 4 is 5.91 Å². The van der Waals surface area contributed by atoms with E-state index in [1.807, 2.05) is 0 Å². The number of amides is 1. The minimum atomic E-state index is 0.134. The number of rotatable bonds is 7. The Kier molecular flexibility index (Phi) is 7.73. The van der Waals surface area contributed by atoms with Crippen LogP contribution in [0.3, 0.4) is 0 Å². The Morgan fingerprint density at radius 2 is 1.35 bits per heavy atom. The second-order valence-electron chi connectivity index (χ2n) is 8.96. The lowest BCUT2D eigenvalue weighted by Crippen LogP contribution is -2.40. The van der Waals surface area contributed by atoms with Crippen molar-refractivity contribution in [1.29, 1.82) is 0 Å². The van der Waals surface area contributed by atoms with Crippen LogP contribution in [0.5, 0.6) is 0 Å². The molecule has 0 bridgehead atoms. The Balaban J connectivity index is 1.17. The zero-order valence-corrected chi connectivity index (χ0v) is 18.7. The molecule has 31 heavy (non-hydrogen) atoms. The van der Waals surface area contributed by atoms with Gasteiger partial charge in [-0.25, -0.2) is 0 Å². The second-order valence-corrected chi connectivity index (χ2v) is 8.96. The van der Waals surface area contributed by atoms with Crippen molar-refractivity contribution in [1.82, 2.24) is 15.1 Å². The van der Waals surface area contributed by atoms with Gasteiger partial charge in [-0.05, 0) is 49.5 Å². The first-order valence-electron chi connectivity index (χ1n) is 11.6.